The fourth-order valence-electron chi connectivity index (χ4n) is 7.26. The molecule has 4 aliphatic carbocycles. The van der Waals surface area contributed by atoms with Crippen molar-refractivity contribution in [2.24, 2.45) is 17.3 Å². The minimum Gasteiger partial charge on any atom is -0.493 e. The summed E-state index contributed by atoms with van der Waals surface area (Å²) in [6.07, 6.45) is 6.78. The van der Waals surface area contributed by atoms with Crippen molar-refractivity contribution in [3.63, 3.8) is 0 Å². The summed E-state index contributed by atoms with van der Waals surface area (Å²) in [4.78, 5) is 13.7. The van der Waals surface area contributed by atoms with Crippen LogP contribution in [0.15, 0.2) is 42.5 Å². The van der Waals surface area contributed by atoms with Gasteiger partial charge in [0.15, 0.2) is 11.5 Å². The molecular weight excluding hydrogens is 402 g/mol. The van der Waals surface area contributed by atoms with Gasteiger partial charge in [-0.15, -0.1) is 0 Å². The molecule has 0 saturated heterocycles. The van der Waals surface area contributed by atoms with E-state index in [0.717, 1.165) is 24.8 Å². The molecule has 4 saturated carbocycles. The predicted octanol–water partition coefficient (Wildman–Crippen LogP) is 4.87. The smallest absolute Gasteiger partial charge is 0.226 e. The zero-order valence-corrected chi connectivity index (χ0v) is 19.3. The average molecular weight is 436 g/mol. The third-order valence-electron chi connectivity index (χ3n) is 8.11. The van der Waals surface area contributed by atoms with Crippen LogP contribution < -0.4 is 19.5 Å². The second kappa shape index (κ2) is 8.02. The lowest BCUT2D eigenvalue weighted by Gasteiger charge is -2.61. The number of amides is 1. The molecule has 5 heteroatoms. The fourth-order valence-corrected chi connectivity index (χ4v) is 7.26. The van der Waals surface area contributed by atoms with E-state index in [0.29, 0.717) is 35.6 Å². The van der Waals surface area contributed by atoms with Crippen molar-refractivity contribution in [2.75, 3.05) is 21.3 Å². The highest BCUT2D eigenvalue weighted by molar-refractivity contribution is 5.83. The molecular formula is C27H33NO4. The summed E-state index contributed by atoms with van der Waals surface area (Å²) in [5.74, 6) is 3.30. The van der Waals surface area contributed by atoms with E-state index in [-0.39, 0.29) is 16.7 Å². The van der Waals surface area contributed by atoms with Crippen molar-refractivity contribution in [3.05, 3.63) is 53.6 Å². The third kappa shape index (κ3) is 3.42. The number of benzene rings is 2. The van der Waals surface area contributed by atoms with Crippen molar-refractivity contribution in [1.29, 1.82) is 0 Å². The van der Waals surface area contributed by atoms with Crippen LogP contribution in [0.1, 0.15) is 49.7 Å². The Labute approximate surface area is 190 Å². The van der Waals surface area contributed by atoms with Crippen molar-refractivity contribution in [1.82, 2.24) is 5.32 Å². The molecule has 0 radical (unpaired) electrons. The Morgan fingerprint density at radius 3 is 2.12 bits per heavy atom. The Bertz CT molecular complexity index is 963. The molecule has 0 aromatic heterocycles. The number of nitrogens with one attached hydrogen (secondary N) is 1. The molecule has 6 rings (SSSR count). The number of rotatable bonds is 7. The molecule has 4 bridgehead atoms. The van der Waals surface area contributed by atoms with E-state index in [9.17, 15) is 4.79 Å². The van der Waals surface area contributed by atoms with Gasteiger partial charge in [-0.3, -0.25) is 4.79 Å². The fraction of sp³-hybridized carbons (Fsp3) is 0.519. The van der Waals surface area contributed by atoms with Crippen LogP contribution in [0.5, 0.6) is 17.2 Å². The lowest BCUT2D eigenvalue weighted by Crippen LogP contribution is -2.59. The quantitative estimate of drug-likeness (QED) is 0.674. The molecule has 2 aromatic rings. The second-order valence-corrected chi connectivity index (χ2v) is 10.1. The van der Waals surface area contributed by atoms with Crippen molar-refractivity contribution in [3.8, 4) is 17.2 Å². The highest BCUT2D eigenvalue weighted by atomic mass is 16.5. The van der Waals surface area contributed by atoms with Gasteiger partial charge in [-0.25, -0.2) is 0 Å². The molecule has 4 fully saturated rings. The minimum atomic E-state index is -0.249. The Morgan fingerprint density at radius 1 is 0.938 bits per heavy atom. The van der Waals surface area contributed by atoms with Gasteiger partial charge in [-0.2, -0.15) is 0 Å². The Balaban J connectivity index is 1.37. The normalized spacial score (nSPS) is 30.1. The van der Waals surface area contributed by atoms with Gasteiger partial charge in [0.2, 0.25) is 11.7 Å². The lowest BCUT2D eigenvalue weighted by atomic mass is 9.42. The maximum atomic E-state index is 13.7. The number of hydrogen-bond donors (Lipinski definition) is 1. The number of carbonyl (C=O) groups is 1. The molecule has 0 spiro atoms. The van der Waals surface area contributed by atoms with Crippen LogP contribution in [0.25, 0.3) is 0 Å². The number of hydrogen-bond acceptors (Lipinski definition) is 4. The van der Waals surface area contributed by atoms with Crippen molar-refractivity contribution in [2.45, 2.75) is 50.5 Å². The molecule has 2 aromatic carbocycles. The van der Waals surface area contributed by atoms with Gasteiger partial charge in [-0.1, -0.05) is 30.3 Å². The zero-order valence-electron chi connectivity index (χ0n) is 19.3. The van der Waals surface area contributed by atoms with Crippen LogP contribution >= 0.6 is 0 Å². The molecule has 0 aliphatic heterocycles. The maximum absolute atomic E-state index is 13.7. The number of ether oxygens (including phenoxy) is 3. The van der Waals surface area contributed by atoms with Crippen LogP contribution in [0.2, 0.25) is 0 Å². The highest BCUT2D eigenvalue weighted by Crippen LogP contribution is 2.65. The minimum absolute atomic E-state index is 0.162. The molecule has 0 heterocycles. The van der Waals surface area contributed by atoms with E-state index in [1.807, 2.05) is 12.1 Å². The molecule has 2 atom stereocenters. The van der Waals surface area contributed by atoms with Gasteiger partial charge in [0, 0.05) is 6.54 Å². The molecule has 4 aliphatic rings. The molecule has 5 nitrogen and oxygen atoms in total. The summed E-state index contributed by atoms with van der Waals surface area (Å²) in [6, 6.07) is 14.7. The zero-order chi connectivity index (χ0) is 22.3. The topological polar surface area (TPSA) is 56.8 Å². The standard InChI is InChI=1S/C27H33NO4/c1-30-22-10-18(11-23(31-2)24(22)32-3)16-28-25(29)27-14-19-9-20(15-27)13-26(12-19,17-27)21-7-5-4-6-8-21/h4-8,10-11,19-20H,9,12-17H2,1-3H3,(H,28,29). The summed E-state index contributed by atoms with van der Waals surface area (Å²) in [5.41, 5.74) is 2.28. The van der Waals surface area contributed by atoms with E-state index in [2.05, 4.69) is 35.6 Å². The molecule has 170 valence electrons. The predicted molar refractivity (Wildman–Crippen MR) is 123 cm³/mol. The van der Waals surface area contributed by atoms with Gasteiger partial charge in [0.25, 0.3) is 0 Å². The summed E-state index contributed by atoms with van der Waals surface area (Å²) < 4.78 is 16.4. The summed E-state index contributed by atoms with van der Waals surface area (Å²) in [5, 5.41) is 3.27. The van der Waals surface area contributed by atoms with Gasteiger partial charge in [0.05, 0.1) is 26.7 Å². The van der Waals surface area contributed by atoms with E-state index < -0.39 is 0 Å². The first-order valence-corrected chi connectivity index (χ1v) is 11.6. The van der Waals surface area contributed by atoms with E-state index in [1.54, 1.807) is 21.3 Å². The molecule has 1 amide bonds. The van der Waals surface area contributed by atoms with Gasteiger partial charge in [-0.05, 0) is 79.0 Å². The Morgan fingerprint density at radius 2 is 1.56 bits per heavy atom. The van der Waals surface area contributed by atoms with Crippen LogP contribution in [-0.2, 0) is 16.8 Å². The third-order valence-corrected chi connectivity index (χ3v) is 8.11. The number of methoxy groups -OCH3 is 3. The van der Waals surface area contributed by atoms with Crippen LogP contribution in [-0.4, -0.2) is 27.2 Å². The van der Waals surface area contributed by atoms with E-state index in [1.165, 1.54) is 24.8 Å². The largest absolute Gasteiger partial charge is 0.493 e. The van der Waals surface area contributed by atoms with E-state index >= 15 is 0 Å². The van der Waals surface area contributed by atoms with Gasteiger partial charge >= 0.3 is 0 Å². The number of carbonyl (C=O) groups excluding carboxylic acids is 1. The van der Waals surface area contributed by atoms with Crippen LogP contribution in [0, 0.1) is 17.3 Å². The molecule has 32 heavy (non-hydrogen) atoms. The highest BCUT2D eigenvalue weighted by Gasteiger charge is 2.60. The Hall–Kier alpha value is -2.69. The van der Waals surface area contributed by atoms with Gasteiger partial charge < -0.3 is 19.5 Å². The van der Waals surface area contributed by atoms with E-state index in [4.69, 9.17) is 14.2 Å². The van der Waals surface area contributed by atoms with Gasteiger partial charge in [0.1, 0.15) is 0 Å². The maximum Gasteiger partial charge on any atom is 0.226 e. The lowest BCUT2D eigenvalue weighted by molar-refractivity contribution is -0.149. The molecule has 2 unspecified atom stereocenters. The molecule has 1 N–H and O–H groups in total. The summed E-state index contributed by atoms with van der Waals surface area (Å²) in [6.45, 7) is 0.449. The average Bonchev–Trinajstić information content (AvgIpc) is 2.81. The second-order valence-electron chi connectivity index (χ2n) is 10.1. The summed E-state index contributed by atoms with van der Waals surface area (Å²) in [7, 11) is 4.81. The SMILES string of the molecule is COc1cc(CNC(=O)C23CC4CC(C2)CC(c2ccccc2)(C4)C3)cc(OC)c1OC. The van der Waals surface area contributed by atoms with Crippen LogP contribution in [0.4, 0.5) is 0 Å². The Kier molecular flexibility index (Phi) is 5.31. The van der Waals surface area contributed by atoms with Crippen molar-refractivity contribution < 1.29 is 19.0 Å². The first-order chi connectivity index (χ1) is 15.5. The first kappa shape index (κ1) is 21.2. The van der Waals surface area contributed by atoms with Crippen LogP contribution in [0.3, 0.4) is 0 Å². The first-order valence-electron chi connectivity index (χ1n) is 11.6. The summed E-state index contributed by atoms with van der Waals surface area (Å²) >= 11 is 0. The van der Waals surface area contributed by atoms with Crippen molar-refractivity contribution >= 4 is 5.91 Å². The monoisotopic (exact) mass is 435 g/mol.